The van der Waals surface area contributed by atoms with Gasteiger partial charge < -0.3 is 20.1 Å². The molecule has 0 saturated carbocycles. The summed E-state index contributed by atoms with van der Waals surface area (Å²) in [5.41, 5.74) is -0.530. The first kappa shape index (κ1) is 14.8. The Morgan fingerprint density at radius 3 is 2.56 bits per heavy atom. The van der Waals surface area contributed by atoms with Gasteiger partial charge in [0.15, 0.2) is 0 Å². The molecule has 104 valence electrons. The van der Waals surface area contributed by atoms with E-state index in [1.54, 1.807) is 0 Å². The van der Waals surface area contributed by atoms with Crippen molar-refractivity contribution >= 4 is 12.0 Å². The number of carbonyl (C=O) groups excluding carboxylic acids is 1. The lowest BCUT2D eigenvalue weighted by atomic mass is 10.1. The summed E-state index contributed by atoms with van der Waals surface area (Å²) in [4.78, 5) is 24.2. The van der Waals surface area contributed by atoms with Gasteiger partial charge in [-0.05, 0) is 33.6 Å². The van der Waals surface area contributed by atoms with Crippen LogP contribution < -0.4 is 5.32 Å². The second-order valence-electron chi connectivity index (χ2n) is 5.51. The molecule has 0 spiro atoms. The van der Waals surface area contributed by atoms with Gasteiger partial charge in [-0.3, -0.25) is 4.79 Å². The molecule has 0 aliphatic carbocycles. The molecule has 0 radical (unpaired) electrons. The van der Waals surface area contributed by atoms with E-state index in [1.807, 2.05) is 20.8 Å². The van der Waals surface area contributed by atoms with Gasteiger partial charge in [0.1, 0.15) is 6.54 Å². The third kappa shape index (κ3) is 4.52. The summed E-state index contributed by atoms with van der Waals surface area (Å²) in [6, 6.07) is -0.370. The number of nitrogens with one attached hydrogen (secondary N) is 1. The molecule has 1 saturated heterocycles. The molecule has 6 nitrogen and oxygen atoms in total. The minimum absolute atomic E-state index is 0.0232. The highest BCUT2D eigenvalue weighted by atomic mass is 16.5. The lowest BCUT2D eigenvalue weighted by Crippen LogP contribution is -2.55. The van der Waals surface area contributed by atoms with E-state index < -0.39 is 11.5 Å². The van der Waals surface area contributed by atoms with Gasteiger partial charge >= 0.3 is 12.0 Å². The molecule has 1 aliphatic heterocycles. The SMILES string of the molecule is CC(C)(C)N(CC(=O)O)C(=O)NC1CCCOC1. The van der Waals surface area contributed by atoms with Crippen LogP contribution in [0.5, 0.6) is 0 Å². The van der Waals surface area contributed by atoms with Crippen LogP contribution in [0.25, 0.3) is 0 Å². The maximum Gasteiger partial charge on any atom is 0.323 e. The molecule has 0 aromatic heterocycles. The third-order valence-corrected chi connectivity index (χ3v) is 2.84. The van der Waals surface area contributed by atoms with Gasteiger partial charge in [0.2, 0.25) is 0 Å². The van der Waals surface area contributed by atoms with Gasteiger partial charge in [0.25, 0.3) is 0 Å². The Kier molecular flexibility index (Phi) is 4.95. The van der Waals surface area contributed by atoms with Crippen LogP contribution >= 0.6 is 0 Å². The summed E-state index contributed by atoms with van der Waals surface area (Å²) in [5.74, 6) is -1.01. The van der Waals surface area contributed by atoms with E-state index in [0.717, 1.165) is 19.4 Å². The van der Waals surface area contributed by atoms with Gasteiger partial charge in [0.05, 0.1) is 12.6 Å². The Hall–Kier alpha value is -1.30. The summed E-state index contributed by atoms with van der Waals surface area (Å²) in [6.45, 7) is 6.36. The van der Waals surface area contributed by atoms with Crippen LogP contribution in [-0.4, -0.2) is 53.3 Å². The maximum absolute atomic E-state index is 12.1. The zero-order valence-corrected chi connectivity index (χ0v) is 11.2. The molecule has 0 bridgehead atoms. The molecule has 1 heterocycles. The minimum atomic E-state index is -1.01. The van der Waals surface area contributed by atoms with Crippen molar-refractivity contribution in [1.82, 2.24) is 10.2 Å². The fraction of sp³-hybridized carbons (Fsp3) is 0.833. The summed E-state index contributed by atoms with van der Waals surface area (Å²) in [7, 11) is 0. The van der Waals surface area contributed by atoms with E-state index in [-0.39, 0.29) is 18.6 Å². The standard InChI is InChI=1S/C12H22N2O4/c1-12(2,3)14(7-10(15)16)11(17)13-9-5-4-6-18-8-9/h9H,4-8H2,1-3H3,(H,13,17)(H,15,16). The van der Waals surface area contributed by atoms with Crippen LogP contribution in [0.1, 0.15) is 33.6 Å². The molecule has 1 fully saturated rings. The first-order valence-electron chi connectivity index (χ1n) is 6.18. The normalized spacial score (nSPS) is 20.3. The maximum atomic E-state index is 12.1. The van der Waals surface area contributed by atoms with E-state index in [2.05, 4.69) is 5.32 Å². The monoisotopic (exact) mass is 258 g/mol. The van der Waals surface area contributed by atoms with Crippen LogP contribution in [0.2, 0.25) is 0 Å². The first-order valence-corrected chi connectivity index (χ1v) is 6.18. The van der Waals surface area contributed by atoms with Crippen molar-refractivity contribution in [3.8, 4) is 0 Å². The molecule has 6 heteroatoms. The number of carbonyl (C=O) groups is 2. The zero-order chi connectivity index (χ0) is 13.8. The average Bonchev–Trinajstić information content (AvgIpc) is 2.25. The Morgan fingerprint density at radius 2 is 2.11 bits per heavy atom. The number of carboxylic acids is 1. The fourth-order valence-corrected chi connectivity index (χ4v) is 1.86. The van der Waals surface area contributed by atoms with Crippen molar-refractivity contribution in [3.63, 3.8) is 0 Å². The van der Waals surface area contributed by atoms with Crippen LogP contribution in [0, 0.1) is 0 Å². The molecule has 1 atom stereocenters. The van der Waals surface area contributed by atoms with Gasteiger partial charge in [-0.15, -0.1) is 0 Å². The van der Waals surface area contributed by atoms with E-state index in [1.165, 1.54) is 4.90 Å². The van der Waals surface area contributed by atoms with Crippen molar-refractivity contribution in [2.24, 2.45) is 0 Å². The highest BCUT2D eigenvalue weighted by Gasteiger charge is 2.30. The predicted molar refractivity (Wildman–Crippen MR) is 66.5 cm³/mol. The van der Waals surface area contributed by atoms with Gasteiger partial charge in [-0.1, -0.05) is 0 Å². The number of carboxylic acid groups (broad SMARTS) is 1. The highest BCUT2D eigenvalue weighted by Crippen LogP contribution is 2.14. The molecule has 2 N–H and O–H groups in total. The number of hydrogen-bond donors (Lipinski definition) is 2. The number of rotatable bonds is 3. The van der Waals surface area contributed by atoms with Crippen molar-refractivity contribution < 1.29 is 19.4 Å². The van der Waals surface area contributed by atoms with Crippen molar-refractivity contribution in [2.45, 2.75) is 45.2 Å². The Bertz CT molecular complexity index is 306. The van der Waals surface area contributed by atoms with Crippen LogP contribution in [0.4, 0.5) is 4.79 Å². The summed E-state index contributed by atoms with van der Waals surface area (Å²) >= 11 is 0. The first-order chi connectivity index (χ1) is 8.30. The second kappa shape index (κ2) is 6.04. The Morgan fingerprint density at radius 1 is 1.44 bits per heavy atom. The molecule has 2 amide bonds. The molecular formula is C12H22N2O4. The molecule has 0 aromatic carbocycles. The lowest BCUT2D eigenvalue weighted by Gasteiger charge is -2.36. The quantitative estimate of drug-likeness (QED) is 0.793. The molecule has 0 aromatic rings. The van der Waals surface area contributed by atoms with Gasteiger partial charge in [-0.2, -0.15) is 0 Å². The van der Waals surface area contributed by atoms with E-state index in [0.29, 0.717) is 6.61 Å². The van der Waals surface area contributed by atoms with Gasteiger partial charge in [0, 0.05) is 12.1 Å². The van der Waals surface area contributed by atoms with Crippen molar-refractivity contribution in [1.29, 1.82) is 0 Å². The average molecular weight is 258 g/mol. The molecule has 1 aliphatic rings. The summed E-state index contributed by atoms with van der Waals surface area (Å²) in [6.07, 6.45) is 1.79. The fourth-order valence-electron chi connectivity index (χ4n) is 1.86. The number of hydrogen-bond acceptors (Lipinski definition) is 3. The van der Waals surface area contributed by atoms with Crippen LogP contribution in [-0.2, 0) is 9.53 Å². The van der Waals surface area contributed by atoms with E-state index >= 15 is 0 Å². The number of amides is 2. The van der Waals surface area contributed by atoms with Gasteiger partial charge in [-0.25, -0.2) is 4.79 Å². The number of nitrogens with zero attached hydrogens (tertiary/aromatic N) is 1. The lowest BCUT2D eigenvalue weighted by molar-refractivity contribution is -0.138. The molecule has 18 heavy (non-hydrogen) atoms. The zero-order valence-electron chi connectivity index (χ0n) is 11.2. The number of ether oxygens (including phenoxy) is 1. The molecule has 1 unspecified atom stereocenters. The van der Waals surface area contributed by atoms with Crippen LogP contribution in [0.3, 0.4) is 0 Å². The second-order valence-corrected chi connectivity index (χ2v) is 5.51. The predicted octanol–water partition coefficient (Wildman–Crippen LogP) is 1.06. The van der Waals surface area contributed by atoms with Crippen molar-refractivity contribution in [2.75, 3.05) is 19.8 Å². The molecule has 1 rings (SSSR count). The highest BCUT2D eigenvalue weighted by molar-refractivity contribution is 5.81. The smallest absolute Gasteiger partial charge is 0.323 e. The van der Waals surface area contributed by atoms with Crippen LogP contribution in [0.15, 0.2) is 0 Å². The Balaban J connectivity index is 2.61. The minimum Gasteiger partial charge on any atom is -0.480 e. The van der Waals surface area contributed by atoms with Crippen molar-refractivity contribution in [3.05, 3.63) is 0 Å². The topological polar surface area (TPSA) is 78.9 Å². The largest absolute Gasteiger partial charge is 0.480 e. The molecular weight excluding hydrogens is 236 g/mol. The number of aliphatic carboxylic acids is 1. The van der Waals surface area contributed by atoms with E-state index in [9.17, 15) is 9.59 Å². The Labute approximate surface area is 107 Å². The summed E-state index contributed by atoms with van der Waals surface area (Å²) in [5, 5.41) is 11.7. The number of urea groups is 1. The van der Waals surface area contributed by atoms with E-state index in [4.69, 9.17) is 9.84 Å². The third-order valence-electron chi connectivity index (χ3n) is 2.84. The summed E-state index contributed by atoms with van der Waals surface area (Å²) < 4.78 is 5.28.